The molecule has 0 spiro atoms. The molecule has 3 rings (SSSR count). The lowest BCUT2D eigenvalue weighted by Crippen LogP contribution is -2.38. The number of aliphatic hydroxyl groups excluding tert-OH is 1. The fraction of sp³-hybridized carbons (Fsp3) is 0.357. The summed E-state index contributed by atoms with van der Waals surface area (Å²) in [5.74, 6) is -0.269. The van der Waals surface area contributed by atoms with Crippen LogP contribution < -0.4 is 9.47 Å². The molecule has 7 nitrogen and oxygen atoms in total. The zero-order valence-corrected chi connectivity index (χ0v) is 20.7. The third kappa shape index (κ3) is 5.92. The number of carbonyl (C=O) groups is 2. The van der Waals surface area contributed by atoms with Crippen LogP contribution in [0, 0.1) is 0 Å². The molecule has 0 aliphatic carbocycles. The molecular formula is C28H34N2O5. The van der Waals surface area contributed by atoms with Crippen LogP contribution in [0.1, 0.15) is 37.9 Å². The minimum absolute atomic E-state index is 0.0691. The molecule has 2 aromatic rings. The van der Waals surface area contributed by atoms with Crippen LogP contribution in [-0.4, -0.2) is 66.0 Å². The third-order valence-corrected chi connectivity index (χ3v) is 6.07. The summed E-state index contributed by atoms with van der Waals surface area (Å²) in [7, 11) is 0. The van der Waals surface area contributed by atoms with E-state index in [4.69, 9.17) is 9.47 Å². The molecule has 1 saturated heterocycles. The highest BCUT2D eigenvalue weighted by molar-refractivity contribution is 6.46. The fourth-order valence-electron chi connectivity index (χ4n) is 4.21. The quantitative estimate of drug-likeness (QED) is 0.211. The summed E-state index contributed by atoms with van der Waals surface area (Å²) >= 11 is 0. The summed E-state index contributed by atoms with van der Waals surface area (Å²) < 4.78 is 11.2. The van der Waals surface area contributed by atoms with Crippen LogP contribution in [0.2, 0.25) is 0 Å². The Kier molecular flexibility index (Phi) is 9.09. The second-order valence-corrected chi connectivity index (χ2v) is 8.15. The van der Waals surface area contributed by atoms with Gasteiger partial charge in [0, 0.05) is 18.7 Å². The van der Waals surface area contributed by atoms with Gasteiger partial charge < -0.3 is 24.4 Å². The van der Waals surface area contributed by atoms with Gasteiger partial charge in [0.25, 0.3) is 11.7 Å². The van der Waals surface area contributed by atoms with Crippen LogP contribution in [0.15, 0.2) is 66.8 Å². The Morgan fingerprint density at radius 3 is 2.40 bits per heavy atom. The number of Topliss-reactive ketones (excluding diaryl/α,β-unsaturated/α-hetero) is 1. The predicted molar refractivity (Wildman–Crippen MR) is 137 cm³/mol. The van der Waals surface area contributed by atoms with Gasteiger partial charge in [0.1, 0.15) is 23.9 Å². The van der Waals surface area contributed by atoms with Gasteiger partial charge in [-0.2, -0.15) is 0 Å². The van der Waals surface area contributed by atoms with Crippen molar-refractivity contribution < 1.29 is 24.2 Å². The van der Waals surface area contributed by atoms with E-state index in [1.807, 2.05) is 25.1 Å². The van der Waals surface area contributed by atoms with Crippen LogP contribution >= 0.6 is 0 Å². The molecule has 7 heteroatoms. The number of carbonyl (C=O) groups excluding carboxylic acids is 2. The number of benzene rings is 2. The average molecular weight is 479 g/mol. The Bertz CT molecular complexity index is 1070. The lowest BCUT2D eigenvalue weighted by molar-refractivity contribution is -0.140. The monoisotopic (exact) mass is 478 g/mol. The Hall–Kier alpha value is -3.58. The van der Waals surface area contributed by atoms with Crippen LogP contribution in [0.5, 0.6) is 11.5 Å². The molecule has 1 amide bonds. The number of hydrogen-bond donors (Lipinski definition) is 1. The van der Waals surface area contributed by atoms with E-state index in [9.17, 15) is 14.7 Å². The van der Waals surface area contributed by atoms with E-state index in [0.29, 0.717) is 48.9 Å². The number of aliphatic hydroxyl groups is 1. The van der Waals surface area contributed by atoms with E-state index >= 15 is 0 Å². The van der Waals surface area contributed by atoms with Gasteiger partial charge in [-0.05, 0) is 62.0 Å². The average Bonchev–Trinajstić information content (AvgIpc) is 3.13. The van der Waals surface area contributed by atoms with Crippen molar-refractivity contribution in [1.82, 2.24) is 9.80 Å². The topological polar surface area (TPSA) is 79.3 Å². The number of amides is 1. The molecule has 186 valence electrons. The standard InChI is InChI=1S/C28H34N2O5/c1-5-18-35-23-11-9-10-21(19-23)25-24(26(31)20-12-14-22(15-13-20)34-8-4)27(32)28(33)30(25)17-16-29(6-2)7-3/h5,9-15,19,25,31H,1,6-8,16-18H2,2-4H3/b26-24+/t25-/m1/s1. The van der Waals surface area contributed by atoms with Crippen molar-refractivity contribution in [2.45, 2.75) is 26.8 Å². The number of ether oxygens (including phenoxy) is 2. The highest BCUT2D eigenvalue weighted by atomic mass is 16.5. The minimum atomic E-state index is -0.732. The van der Waals surface area contributed by atoms with E-state index < -0.39 is 17.7 Å². The first-order valence-corrected chi connectivity index (χ1v) is 12.0. The van der Waals surface area contributed by atoms with Gasteiger partial charge in [0.15, 0.2) is 0 Å². The van der Waals surface area contributed by atoms with Crippen molar-refractivity contribution in [2.24, 2.45) is 0 Å². The van der Waals surface area contributed by atoms with Crippen LogP contribution in [0.4, 0.5) is 0 Å². The highest BCUT2D eigenvalue weighted by Gasteiger charge is 2.46. The van der Waals surface area contributed by atoms with Gasteiger partial charge in [-0.25, -0.2) is 0 Å². The first kappa shape index (κ1) is 26.0. The molecule has 1 atom stereocenters. The number of ketones is 1. The van der Waals surface area contributed by atoms with Crippen molar-refractivity contribution in [3.8, 4) is 11.5 Å². The molecule has 2 aromatic carbocycles. The smallest absolute Gasteiger partial charge is 0.295 e. The van der Waals surface area contributed by atoms with Crippen molar-refractivity contribution in [2.75, 3.05) is 39.4 Å². The maximum absolute atomic E-state index is 13.2. The SMILES string of the molecule is C=CCOc1cccc([C@@H]2/C(=C(\O)c3ccc(OCC)cc3)C(=O)C(=O)N2CCN(CC)CC)c1. The van der Waals surface area contributed by atoms with Gasteiger partial charge in [0.05, 0.1) is 18.2 Å². The molecule has 0 saturated carbocycles. The number of likely N-dealkylation sites (tertiary alicyclic amines) is 1. The van der Waals surface area contributed by atoms with Crippen LogP contribution in [-0.2, 0) is 9.59 Å². The Balaban J connectivity index is 2.07. The molecule has 0 radical (unpaired) electrons. The van der Waals surface area contributed by atoms with Gasteiger partial charge in [-0.15, -0.1) is 0 Å². The zero-order valence-electron chi connectivity index (χ0n) is 20.7. The number of nitrogens with zero attached hydrogens (tertiary/aromatic N) is 2. The number of rotatable bonds is 12. The normalized spacial score (nSPS) is 17.1. The minimum Gasteiger partial charge on any atom is -0.507 e. The summed E-state index contributed by atoms with van der Waals surface area (Å²) in [6.07, 6.45) is 1.65. The lowest BCUT2D eigenvalue weighted by Gasteiger charge is -2.28. The molecule has 1 heterocycles. The van der Waals surface area contributed by atoms with Crippen LogP contribution in [0.3, 0.4) is 0 Å². The molecule has 0 bridgehead atoms. The summed E-state index contributed by atoms with van der Waals surface area (Å²) in [5, 5.41) is 11.2. The third-order valence-electron chi connectivity index (χ3n) is 6.07. The van der Waals surface area contributed by atoms with E-state index in [-0.39, 0.29) is 11.3 Å². The molecule has 0 aromatic heterocycles. The summed E-state index contributed by atoms with van der Waals surface area (Å²) in [6.45, 7) is 13.2. The van der Waals surface area contributed by atoms with Crippen molar-refractivity contribution in [3.05, 3.63) is 77.9 Å². The lowest BCUT2D eigenvalue weighted by atomic mass is 9.95. The Morgan fingerprint density at radius 2 is 1.77 bits per heavy atom. The summed E-state index contributed by atoms with van der Waals surface area (Å²) in [4.78, 5) is 30.1. The van der Waals surface area contributed by atoms with Crippen LogP contribution in [0.25, 0.3) is 5.76 Å². The predicted octanol–water partition coefficient (Wildman–Crippen LogP) is 4.41. The van der Waals surface area contributed by atoms with Gasteiger partial charge in [-0.3, -0.25) is 9.59 Å². The van der Waals surface area contributed by atoms with E-state index in [1.54, 1.807) is 41.3 Å². The van der Waals surface area contributed by atoms with Gasteiger partial charge in [-0.1, -0.05) is 38.6 Å². The second-order valence-electron chi connectivity index (χ2n) is 8.15. The summed E-state index contributed by atoms with van der Waals surface area (Å²) in [5.41, 5.74) is 1.21. The van der Waals surface area contributed by atoms with Gasteiger partial charge >= 0.3 is 0 Å². The summed E-state index contributed by atoms with van der Waals surface area (Å²) in [6, 6.07) is 13.4. The Labute approximate surface area is 207 Å². The molecule has 1 aliphatic rings. The fourth-order valence-corrected chi connectivity index (χ4v) is 4.21. The number of likely N-dealkylation sites (N-methyl/N-ethyl adjacent to an activating group) is 1. The second kappa shape index (κ2) is 12.2. The van der Waals surface area contributed by atoms with Crippen molar-refractivity contribution in [1.29, 1.82) is 0 Å². The van der Waals surface area contributed by atoms with E-state index in [2.05, 4.69) is 25.3 Å². The Morgan fingerprint density at radius 1 is 1.06 bits per heavy atom. The van der Waals surface area contributed by atoms with E-state index in [0.717, 1.165) is 13.1 Å². The first-order chi connectivity index (χ1) is 16.9. The molecule has 1 aliphatic heterocycles. The largest absolute Gasteiger partial charge is 0.507 e. The maximum atomic E-state index is 13.2. The molecule has 1 N–H and O–H groups in total. The first-order valence-electron chi connectivity index (χ1n) is 12.0. The molecule has 35 heavy (non-hydrogen) atoms. The van der Waals surface area contributed by atoms with Gasteiger partial charge in [0.2, 0.25) is 0 Å². The molecular weight excluding hydrogens is 444 g/mol. The highest BCUT2D eigenvalue weighted by Crippen LogP contribution is 2.40. The van der Waals surface area contributed by atoms with Crippen molar-refractivity contribution >= 4 is 17.4 Å². The maximum Gasteiger partial charge on any atom is 0.295 e. The zero-order chi connectivity index (χ0) is 25.4. The van der Waals surface area contributed by atoms with E-state index in [1.165, 1.54) is 0 Å². The number of hydrogen-bond acceptors (Lipinski definition) is 6. The molecule has 0 unspecified atom stereocenters. The van der Waals surface area contributed by atoms with Crippen molar-refractivity contribution in [3.63, 3.8) is 0 Å². The molecule has 1 fully saturated rings.